The summed E-state index contributed by atoms with van der Waals surface area (Å²) in [7, 11) is 0. The molecule has 4 rings (SSSR count). The van der Waals surface area contributed by atoms with Gasteiger partial charge in [-0.25, -0.2) is 4.98 Å². The minimum atomic E-state index is -4.34. The number of fused-ring (bicyclic) bond motifs is 1. The van der Waals surface area contributed by atoms with Crippen LogP contribution < -0.4 is 11.1 Å². The molecular formula is C21H19F3N4OS. The molecule has 2 heterocycles. The predicted molar refractivity (Wildman–Crippen MR) is 113 cm³/mol. The van der Waals surface area contributed by atoms with E-state index in [0.29, 0.717) is 18.1 Å². The second-order valence-electron chi connectivity index (χ2n) is 7.01. The van der Waals surface area contributed by atoms with Crippen LogP contribution in [0.1, 0.15) is 11.1 Å². The fourth-order valence-corrected chi connectivity index (χ4v) is 4.01. The lowest BCUT2D eigenvalue weighted by atomic mass is 10.0. The fourth-order valence-electron chi connectivity index (χ4n) is 3.19. The van der Waals surface area contributed by atoms with Crippen LogP contribution in [-0.2, 0) is 12.6 Å². The van der Waals surface area contributed by atoms with E-state index in [1.54, 1.807) is 12.4 Å². The average molecular weight is 432 g/mol. The molecule has 0 aliphatic carbocycles. The third-order valence-corrected chi connectivity index (χ3v) is 5.76. The van der Waals surface area contributed by atoms with Crippen molar-refractivity contribution in [2.45, 2.75) is 18.6 Å². The van der Waals surface area contributed by atoms with Crippen molar-refractivity contribution >= 4 is 27.2 Å². The molecule has 0 bridgehead atoms. The number of aromatic amines is 1. The van der Waals surface area contributed by atoms with Gasteiger partial charge in [0.2, 0.25) is 0 Å². The Hall–Kier alpha value is -3.04. The topological polar surface area (TPSA) is 87.0 Å². The molecule has 9 heteroatoms. The highest BCUT2D eigenvalue weighted by molar-refractivity contribution is 7.18. The van der Waals surface area contributed by atoms with Gasteiger partial charge in [0.25, 0.3) is 0 Å². The van der Waals surface area contributed by atoms with Crippen molar-refractivity contribution in [1.82, 2.24) is 9.97 Å². The molecule has 4 aromatic rings. The minimum absolute atomic E-state index is 0.144. The third kappa shape index (κ3) is 4.42. The summed E-state index contributed by atoms with van der Waals surface area (Å²) in [5.41, 5.74) is 7.20. The van der Waals surface area contributed by atoms with Gasteiger partial charge in [-0.3, -0.25) is 0 Å². The van der Waals surface area contributed by atoms with Crippen molar-refractivity contribution in [3.8, 4) is 16.3 Å². The first-order chi connectivity index (χ1) is 14.3. The Balaban J connectivity index is 1.35. The summed E-state index contributed by atoms with van der Waals surface area (Å²) in [6.07, 6.45) is -0.371. The second-order valence-corrected chi connectivity index (χ2v) is 8.04. The molecule has 2 aromatic carbocycles. The van der Waals surface area contributed by atoms with Gasteiger partial charge in [-0.15, -0.1) is 0 Å². The number of nitrogens with two attached hydrogens (primary N) is 1. The number of hydrogen-bond acceptors (Lipinski definition) is 5. The maximum atomic E-state index is 12.6. The lowest BCUT2D eigenvalue weighted by Crippen LogP contribution is -2.31. The molecule has 30 heavy (non-hydrogen) atoms. The minimum Gasteiger partial charge on any atom is -0.494 e. The van der Waals surface area contributed by atoms with Crippen molar-refractivity contribution in [3.63, 3.8) is 0 Å². The van der Waals surface area contributed by atoms with Crippen LogP contribution in [0, 0.1) is 0 Å². The Morgan fingerprint density at radius 3 is 2.67 bits per heavy atom. The van der Waals surface area contributed by atoms with E-state index in [1.165, 1.54) is 23.5 Å². The van der Waals surface area contributed by atoms with Crippen LogP contribution in [0.5, 0.6) is 5.88 Å². The number of aromatic nitrogens is 2. The van der Waals surface area contributed by atoms with Crippen LogP contribution in [0.15, 0.2) is 54.9 Å². The Morgan fingerprint density at radius 1 is 1.17 bits per heavy atom. The van der Waals surface area contributed by atoms with E-state index in [1.807, 2.05) is 18.2 Å². The monoisotopic (exact) mass is 432 g/mol. The standard InChI is InChI=1S/C21H19F3N4OS/c22-21(23,24)15-4-1-12(2-5-15)7-16(25)10-27-20-28-11-18(30-20)13-3-6-17-14(8-13)9-26-19(17)29/h1-6,8-9,11,16,26,29H,7,10,25H2,(H,27,28)/t16-/m0/s1. The van der Waals surface area contributed by atoms with E-state index in [9.17, 15) is 18.3 Å². The van der Waals surface area contributed by atoms with Gasteiger partial charge >= 0.3 is 6.18 Å². The van der Waals surface area contributed by atoms with Crippen LogP contribution in [0.2, 0.25) is 0 Å². The molecule has 0 aliphatic rings. The number of aromatic hydroxyl groups is 1. The van der Waals surface area contributed by atoms with E-state index in [-0.39, 0.29) is 11.9 Å². The van der Waals surface area contributed by atoms with Gasteiger partial charge in [-0.05, 0) is 41.8 Å². The van der Waals surface area contributed by atoms with Gasteiger partial charge in [0.1, 0.15) is 0 Å². The SMILES string of the molecule is N[C@H](CNc1ncc(-c2ccc3c(O)[nH]cc3c2)s1)Cc1ccc(C(F)(F)F)cc1. The highest BCUT2D eigenvalue weighted by atomic mass is 32.1. The van der Waals surface area contributed by atoms with Gasteiger partial charge < -0.3 is 21.1 Å². The average Bonchev–Trinajstić information content (AvgIpc) is 3.33. The number of alkyl halides is 3. The number of thiazole rings is 1. The van der Waals surface area contributed by atoms with Gasteiger partial charge in [-0.1, -0.05) is 29.5 Å². The third-order valence-electron chi connectivity index (χ3n) is 4.76. The lowest BCUT2D eigenvalue weighted by molar-refractivity contribution is -0.137. The number of H-pyrrole nitrogens is 1. The molecule has 0 fully saturated rings. The van der Waals surface area contributed by atoms with E-state index in [0.717, 1.165) is 38.9 Å². The first kappa shape index (κ1) is 20.2. The summed E-state index contributed by atoms with van der Waals surface area (Å²) in [6, 6.07) is 10.5. The Morgan fingerprint density at radius 2 is 1.93 bits per heavy atom. The molecule has 5 N–H and O–H groups in total. The maximum Gasteiger partial charge on any atom is 0.416 e. The molecule has 0 spiro atoms. The summed E-state index contributed by atoms with van der Waals surface area (Å²) in [4.78, 5) is 8.12. The van der Waals surface area contributed by atoms with Crippen molar-refractivity contribution in [1.29, 1.82) is 0 Å². The number of nitrogens with one attached hydrogen (secondary N) is 2. The van der Waals surface area contributed by atoms with Gasteiger partial charge in [0.15, 0.2) is 11.0 Å². The van der Waals surface area contributed by atoms with Crippen LogP contribution in [-0.4, -0.2) is 27.7 Å². The van der Waals surface area contributed by atoms with Crippen LogP contribution in [0.4, 0.5) is 18.3 Å². The van der Waals surface area contributed by atoms with E-state index in [2.05, 4.69) is 15.3 Å². The van der Waals surface area contributed by atoms with Crippen molar-refractivity contribution < 1.29 is 18.3 Å². The van der Waals surface area contributed by atoms with E-state index in [4.69, 9.17) is 5.73 Å². The molecule has 0 saturated heterocycles. The maximum absolute atomic E-state index is 12.6. The predicted octanol–water partition coefficient (Wildman–Crippen LogP) is 5.00. The molecule has 0 saturated carbocycles. The van der Waals surface area contributed by atoms with Gasteiger partial charge in [0, 0.05) is 35.8 Å². The first-order valence-electron chi connectivity index (χ1n) is 9.21. The lowest BCUT2D eigenvalue weighted by Gasteiger charge is -2.13. The summed E-state index contributed by atoms with van der Waals surface area (Å²) >= 11 is 1.48. The van der Waals surface area contributed by atoms with Crippen LogP contribution >= 0.6 is 11.3 Å². The number of halogens is 3. The van der Waals surface area contributed by atoms with Gasteiger partial charge in [0.05, 0.1) is 10.4 Å². The molecule has 2 aromatic heterocycles. The zero-order valence-electron chi connectivity index (χ0n) is 15.7. The molecule has 0 aliphatic heterocycles. The molecule has 0 radical (unpaired) electrons. The van der Waals surface area contributed by atoms with Crippen LogP contribution in [0.3, 0.4) is 0 Å². The van der Waals surface area contributed by atoms with Gasteiger partial charge in [-0.2, -0.15) is 13.2 Å². The number of anilines is 1. The van der Waals surface area contributed by atoms with Crippen molar-refractivity contribution in [2.24, 2.45) is 5.73 Å². The summed E-state index contributed by atoms with van der Waals surface area (Å²) < 4.78 is 37.9. The zero-order chi connectivity index (χ0) is 21.3. The van der Waals surface area contributed by atoms with Crippen LogP contribution in [0.25, 0.3) is 21.2 Å². The smallest absolute Gasteiger partial charge is 0.416 e. The molecule has 5 nitrogen and oxygen atoms in total. The Kier molecular flexibility index (Phi) is 5.40. The molecular weight excluding hydrogens is 413 g/mol. The van der Waals surface area contributed by atoms with Crippen molar-refractivity contribution in [3.05, 3.63) is 66.0 Å². The summed E-state index contributed by atoms with van der Waals surface area (Å²) in [5, 5.41) is 15.3. The Labute approximate surface area is 174 Å². The molecule has 0 unspecified atom stereocenters. The number of benzene rings is 2. The van der Waals surface area contributed by atoms with Crippen molar-refractivity contribution in [2.75, 3.05) is 11.9 Å². The van der Waals surface area contributed by atoms with E-state index >= 15 is 0 Å². The number of nitrogens with zero attached hydrogens (tertiary/aromatic N) is 1. The molecule has 156 valence electrons. The second kappa shape index (κ2) is 8.00. The number of hydrogen-bond donors (Lipinski definition) is 4. The molecule has 1 atom stereocenters. The highest BCUT2D eigenvalue weighted by Crippen LogP contribution is 2.33. The number of rotatable bonds is 6. The highest BCUT2D eigenvalue weighted by Gasteiger charge is 2.29. The summed E-state index contributed by atoms with van der Waals surface area (Å²) in [6.45, 7) is 0.443. The Bertz CT molecular complexity index is 1150. The zero-order valence-corrected chi connectivity index (χ0v) is 16.5. The normalized spacial score (nSPS) is 12.9. The first-order valence-corrected chi connectivity index (χ1v) is 10.0. The fraction of sp³-hybridized carbons (Fsp3) is 0.190. The summed E-state index contributed by atoms with van der Waals surface area (Å²) in [5.74, 6) is 0.144. The van der Waals surface area contributed by atoms with E-state index < -0.39 is 11.7 Å². The quantitative estimate of drug-likeness (QED) is 0.345. The molecule has 0 amide bonds. The largest absolute Gasteiger partial charge is 0.494 e.